The summed E-state index contributed by atoms with van der Waals surface area (Å²) < 4.78 is 11.6. The van der Waals surface area contributed by atoms with Crippen molar-refractivity contribution in [1.82, 2.24) is 10.2 Å². The van der Waals surface area contributed by atoms with Crippen LogP contribution in [-0.2, 0) is 24.5 Å². The lowest BCUT2D eigenvalue weighted by atomic mass is 9.87. The standard InChI is InChI=1S/C22H31BrN2O5/c1-5-6-11-29-20(27)13-17-21(28)24-9-10-25(17)19(26)14-30-18-8-7-15(12-16(18)23)22(2,3)4/h7-8,12,17H,5-6,9-11,13-14H2,1-4H3,(H,24,28). The number of benzene rings is 1. The molecule has 1 aromatic carbocycles. The van der Waals surface area contributed by atoms with E-state index in [9.17, 15) is 14.4 Å². The highest BCUT2D eigenvalue weighted by Gasteiger charge is 2.35. The zero-order chi connectivity index (χ0) is 22.3. The molecule has 1 atom stereocenters. The normalized spacial score (nSPS) is 16.8. The average Bonchev–Trinajstić information content (AvgIpc) is 2.67. The van der Waals surface area contributed by atoms with Gasteiger partial charge in [0, 0.05) is 13.1 Å². The number of nitrogens with zero attached hydrogens (tertiary/aromatic N) is 1. The molecule has 0 aliphatic carbocycles. The van der Waals surface area contributed by atoms with Crippen LogP contribution in [0.1, 0.15) is 52.5 Å². The van der Waals surface area contributed by atoms with Crippen molar-refractivity contribution in [3.05, 3.63) is 28.2 Å². The molecule has 1 aromatic rings. The van der Waals surface area contributed by atoms with Gasteiger partial charge in [-0.2, -0.15) is 0 Å². The van der Waals surface area contributed by atoms with Crippen LogP contribution in [-0.4, -0.2) is 55.0 Å². The maximum absolute atomic E-state index is 12.8. The highest BCUT2D eigenvalue weighted by molar-refractivity contribution is 9.10. The van der Waals surface area contributed by atoms with E-state index in [4.69, 9.17) is 9.47 Å². The predicted octanol–water partition coefficient (Wildman–Crippen LogP) is 3.19. The molecule has 0 bridgehead atoms. The molecular weight excluding hydrogens is 452 g/mol. The van der Waals surface area contributed by atoms with Crippen molar-refractivity contribution in [2.75, 3.05) is 26.3 Å². The summed E-state index contributed by atoms with van der Waals surface area (Å²) >= 11 is 3.49. The number of esters is 1. The molecule has 2 rings (SSSR count). The van der Waals surface area contributed by atoms with Crippen LogP contribution in [0.3, 0.4) is 0 Å². The number of ether oxygens (including phenoxy) is 2. The first-order chi connectivity index (χ1) is 14.1. The fraction of sp³-hybridized carbons (Fsp3) is 0.591. The van der Waals surface area contributed by atoms with E-state index in [0.29, 0.717) is 25.4 Å². The predicted molar refractivity (Wildman–Crippen MR) is 117 cm³/mol. The smallest absolute Gasteiger partial charge is 0.308 e. The zero-order valence-corrected chi connectivity index (χ0v) is 19.7. The molecule has 0 radical (unpaired) electrons. The third-order valence-electron chi connectivity index (χ3n) is 4.92. The second-order valence-electron chi connectivity index (χ2n) is 8.36. The maximum atomic E-state index is 12.8. The van der Waals surface area contributed by atoms with E-state index in [1.54, 1.807) is 0 Å². The Labute approximate surface area is 186 Å². The lowest BCUT2D eigenvalue weighted by Gasteiger charge is -2.34. The van der Waals surface area contributed by atoms with Gasteiger partial charge < -0.3 is 19.7 Å². The van der Waals surface area contributed by atoms with Gasteiger partial charge in [0.2, 0.25) is 5.91 Å². The minimum atomic E-state index is -0.879. The summed E-state index contributed by atoms with van der Waals surface area (Å²) in [6, 6.07) is 4.89. The van der Waals surface area contributed by atoms with Crippen LogP contribution in [0.25, 0.3) is 0 Å². The van der Waals surface area contributed by atoms with Gasteiger partial charge in [-0.3, -0.25) is 14.4 Å². The fourth-order valence-electron chi connectivity index (χ4n) is 3.07. The van der Waals surface area contributed by atoms with Crippen LogP contribution < -0.4 is 10.1 Å². The Morgan fingerprint density at radius 3 is 2.67 bits per heavy atom. The molecule has 0 saturated carbocycles. The van der Waals surface area contributed by atoms with Gasteiger partial charge in [-0.1, -0.05) is 40.2 Å². The molecule has 1 aliphatic heterocycles. The molecule has 8 heteroatoms. The molecule has 0 spiro atoms. The molecule has 0 aromatic heterocycles. The van der Waals surface area contributed by atoms with Gasteiger partial charge in [0.1, 0.15) is 11.8 Å². The number of halogens is 1. The van der Waals surface area contributed by atoms with Crippen LogP contribution in [0.5, 0.6) is 5.75 Å². The largest absolute Gasteiger partial charge is 0.483 e. The van der Waals surface area contributed by atoms with E-state index in [0.717, 1.165) is 22.9 Å². The summed E-state index contributed by atoms with van der Waals surface area (Å²) in [5.41, 5.74) is 1.14. The average molecular weight is 483 g/mol. The summed E-state index contributed by atoms with van der Waals surface area (Å²) in [5.74, 6) is -0.626. The monoisotopic (exact) mass is 482 g/mol. The lowest BCUT2D eigenvalue weighted by Crippen LogP contribution is -2.58. The van der Waals surface area contributed by atoms with E-state index in [1.165, 1.54) is 4.90 Å². The summed E-state index contributed by atoms with van der Waals surface area (Å²) in [7, 11) is 0. The van der Waals surface area contributed by atoms with E-state index in [2.05, 4.69) is 42.0 Å². The van der Waals surface area contributed by atoms with Gasteiger partial charge in [-0.15, -0.1) is 0 Å². The molecule has 2 amide bonds. The fourth-order valence-corrected chi connectivity index (χ4v) is 3.56. The summed E-state index contributed by atoms with van der Waals surface area (Å²) in [6.45, 7) is 9.12. The summed E-state index contributed by atoms with van der Waals surface area (Å²) in [5, 5.41) is 2.70. The maximum Gasteiger partial charge on any atom is 0.308 e. The third-order valence-corrected chi connectivity index (χ3v) is 5.54. The molecule has 1 heterocycles. The van der Waals surface area contributed by atoms with Gasteiger partial charge in [0.15, 0.2) is 6.61 Å². The number of rotatable bonds is 8. The van der Waals surface area contributed by atoms with Gasteiger partial charge in [-0.25, -0.2) is 0 Å². The lowest BCUT2D eigenvalue weighted by molar-refractivity contribution is -0.152. The molecule has 166 valence electrons. The highest BCUT2D eigenvalue weighted by Crippen LogP contribution is 2.31. The van der Waals surface area contributed by atoms with Crippen LogP contribution in [0.4, 0.5) is 0 Å². The molecule has 1 fully saturated rings. The van der Waals surface area contributed by atoms with E-state index >= 15 is 0 Å². The molecule has 30 heavy (non-hydrogen) atoms. The Morgan fingerprint density at radius 2 is 2.03 bits per heavy atom. The van der Waals surface area contributed by atoms with Crippen LogP contribution >= 0.6 is 15.9 Å². The molecule has 1 saturated heterocycles. The molecule has 7 nitrogen and oxygen atoms in total. The van der Waals surface area contributed by atoms with Crippen molar-refractivity contribution in [1.29, 1.82) is 0 Å². The summed E-state index contributed by atoms with van der Waals surface area (Å²) in [4.78, 5) is 38.5. The number of unbranched alkanes of at least 4 members (excludes halogenated alkanes) is 1. The van der Waals surface area contributed by atoms with E-state index in [-0.39, 0.29) is 30.3 Å². The number of carbonyl (C=O) groups is 3. The molecule has 1 aliphatic rings. The second-order valence-corrected chi connectivity index (χ2v) is 9.21. The Balaban J connectivity index is 1.99. The van der Waals surface area contributed by atoms with Gasteiger partial charge in [0.25, 0.3) is 5.91 Å². The minimum Gasteiger partial charge on any atom is -0.483 e. The minimum absolute atomic E-state index is 0.00299. The molecule has 1 N–H and O–H groups in total. The van der Waals surface area contributed by atoms with Crippen molar-refractivity contribution in [3.63, 3.8) is 0 Å². The van der Waals surface area contributed by atoms with Gasteiger partial charge >= 0.3 is 5.97 Å². The van der Waals surface area contributed by atoms with Crippen molar-refractivity contribution < 1.29 is 23.9 Å². The topological polar surface area (TPSA) is 84.9 Å². The number of nitrogens with one attached hydrogen (secondary N) is 1. The first-order valence-electron chi connectivity index (χ1n) is 10.3. The number of piperazine rings is 1. The van der Waals surface area contributed by atoms with Crippen LogP contribution in [0, 0.1) is 0 Å². The number of amides is 2. The van der Waals surface area contributed by atoms with Crippen molar-refractivity contribution in [2.24, 2.45) is 0 Å². The van der Waals surface area contributed by atoms with Crippen molar-refractivity contribution >= 4 is 33.7 Å². The number of hydrogen-bond acceptors (Lipinski definition) is 5. The van der Waals surface area contributed by atoms with Crippen molar-refractivity contribution in [3.8, 4) is 5.75 Å². The highest BCUT2D eigenvalue weighted by atomic mass is 79.9. The summed E-state index contributed by atoms with van der Waals surface area (Å²) in [6.07, 6.45) is 1.51. The van der Waals surface area contributed by atoms with E-state index in [1.807, 2.05) is 25.1 Å². The van der Waals surface area contributed by atoms with Crippen LogP contribution in [0.15, 0.2) is 22.7 Å². The first-order valence-corrected chi connectivity index (χ1v) is 11.1. The zero-order valence-electron chi connectivity index (χ0n) is 18.1. The number of carbonyl (C=O) groups excluding carboxylic acids is 3. The third kappa shape index (κ3) is 6.72. The SMILES string of the molecule is CCCCOC(=O)CC1C(=O)NCCN1C(=O)COc1ccc(C(C)(C)C)cc1Br. The Bertz CT molecular complexity index is 775. The van der Waals surface area contributed by atoms with Gasteiger partial charge in [0.05, 0.1) is 17.5 Å². The molecule has 1 unspecified atom stereocenters. The van der Waals surface area contributed by atoms with Crippen LogP contribution in [0.2, 0.25) is 0 Å². The van der Waals surface area contributed by atoms with E-state index < -0.39 is 12.0 Å². The van der Waals surface area contributed by atoms with Gasteiger partial charge in [-0.05, 0) is 45.5 Å². The number of hydrogen-bond donors (Lipinski definition) is 1. The molecular formula is C22H31BrN2O5. The Hall–Kier alpha value is -2.09. The quantitative estimate of drug-likeness (QED) is 0.454. The van der Waals surface area contributed by atoms with Crippen molar-refractivity contribution in [2.45, 2.75) is 58.4 Å². The first kappa shape index (κ1) is 24.2. The Morgan fingerprint density at radius 1 is 1.30 bits per heavy atom. The second kappa shape index (κ2) is 10.8. The Kier molecular flexibility index (Phi) is 8.70.